The topological polar surface area (TPSA) is 32.3 Å². The highest BCUT2D eigenvalue weighted by Gasteiger charge is 2.49. The molecule has 2 N–H and O–H groups in total. The van der Waals surface area contributed by atoms with Crippen molar-refractivity contribution in [3.63, 3.8) is 0 Å². The van der Waals surface area contributed by atoms with Gasteiger partial charge in [-0.15, -0.1) is 0 Å². The lowest BCUT2D eigenvalue weighted by Gasteiger charge is -2.09. The number of fused-ring (bicyclic) bond motifs is 1. The first-order chi connectivity index (χ1) is 4.29. The molecule has 1 heterocycles. The fourth-order valence-electron chi connectivity index (χ4n) is 1.71. The molecule has 0 amide bonds. The second-order valence-corrected chi connectivity index (χ2v) is 3.04. The minimum Gasteiger partial charge on any atom is -0.511 e. The van der Waals surface area contributed by atoms with Gasteiger partial charge in [-0.1, -0.05) is 6.58 Å². The molecule has 0 aromatic rings. The maximum Gasteiger partial charge on any atom is 0.102 e. The van der Waals surface area contributed by atoms with Crippen LogP contribution in [0.3, 0.4) is 0 Å². The van der Waals surface area contributed by atoms with E-state index in [-0.39, 0.29) is 6.04 Å². The molecule has 0 radical (unpaired) electrons. The van der Waals surface area contributed by atoms with Crippen molar-refractivity contribution >= 4 is 0 Å². The van der Waals surface area contributed by atoms with Gasteiger partial charge in [-0.2, -0.15) is 0 Å². The summed E-state index contributed by atoms with van der Waals surface area (Å²) in [4.78, 5) is 0. The van der Waals surface area contributed by atoms with Crippen molar-refractivity contribution in [3.8, 4) is 0 Å². The van der Waals surface area contributed by atoms with Crippen molar-refractivity contribution in [1.29, 1.82) is 0 Å². The molecule has 0 aromatic heterocycles. The number of rotatable bonds is 1. The zero-order chi connectivity index (χ0) is 6.43. The molecule has 3 atom stereocenters. The first-order valence-electron chi connectivity index (χ1n) is 3.40. The van der Waals surface area contributed by atoms with Crippen LogP contribution in [-0.4, -0.2) is 17.7 Å². The van der Waals surface area contributed by atoms with Crippen LogP contribution < -0.4 is 5.32 Å². The molecule has 2 heteroatoms. The number of aliphatic hydroxyl groups is 1. The Morgan fingerprint density at radius 2 is 2.44 bits per heavy atom. The quantitative estimate of drug-likeness (QED) is 0.505. The molecule has 1 aliphatic carbocycles. The summed E-state index contributed by atoms with van der Waals surface area (Å²) in [5.74, 6) is 1.88. The number of hydrogen-bond donors (Lipinski definition) is 2. The first kappa shape index (κ1) is 5.30. The van der Waals surface area contributed by atoms with Gasteiger partial charge in [-0.05, 0) is 24.8 Å². The molecular formula is C7H11NO. The average Bonchev–Trinajstić information content (AvgIpc) is 2.43. The van der Waals surface area contributed by atoms with Crippen molar-refractivity contribution in [2.45, 2.75) is 12.5 Å². The minimum atomic E-state index is 0.218. The van der Waals surface area contributed by atoms with E-state index < -0.39 is 0 Å². The largest absolute Gasteiger partial charge is 0.511 e. The maximum absolute atomic E-state index is 8.99. The molecule has 0 spiro atoms. The molecule has 0 bridgehead atoms. The van der Waals surface area contributed by atoms with Crippen molar-refractivity contribution in [2.24, 2.45) is 11.8 Å². The third kappa shape index (κ3) is 0.663. The first-order valence-corrected chi connectivity index (χ1v) is 3.40. The van der Waals surface area contributed by atoms with Gasteiger partial charge in [0.15, 0.2) is 0 Å². The number of hydrogen-bond acceptors (Lipinski definition) is 2. The number of piperidine rings is 1. The van der Waals surface area contributed by atoms with Crippen LogP contribution in [0.2, 0.25) is 0 Å². The van der Waals surface area contributed by atoms with Gasteiger partial charge in [0, 0.05) is 0 Å². The Balaban J connectivity index is 2.06. The highest BCUT2D eigenvalue weighted by molar-refractivity contribution is 5.12. The molecule has 0 aromatic carbocycles. The Morgan fingerprint density at radius 3 is 2.67 bits per heavy atom. The molecule has 9 heavy (non-hydrogen) atoms. The Morgan fingerprint density at radius 1 is 1.67 bits per heavy atom. The van der Waals surface area contributed by atoms with E-state index in [1.807, 2.05) is 0 Å². The SMILES string of the molecule is C=C(O)[C@H]1NC[C@H]2C[C@H]21. The molecular weight excluding hydrogens is 114 g/mol. The van der Waals surface area contributed by atoms with Gasteiger partial charge in [0.05, 0.1) is 6.04 Å². The summed E-state index contributed by atoms with van der Waals surface area (Å²) in [6, 6.07) is 0.218. The van der Waals surface area contributed by atoms with Crippen molar-refractivity contribution in [1.82, 2.24) is 5.32 Å². The normalized spacial score (nSPS) is 46.4. The molecule has 1 saturated carbocycles. The fourth-order valence-corrected chi connectivity index (χ4v) is 1.71. The van der Waals surface area contributed by atoms with Crippen molar-refractivity contribution < 1.29 is 5.11 Å². The van der Waals surface area contributed by atoms with Crippen LogP contribution in [0.25, 0.3) is 0 Å². The van der Waals surface area contributed by atoms with Gasteiger partial charge in [0.1, 0.15) is 5.76 Å². The standard InChI is InChI=1S/C7H11NO/c1-4(9)7-6-2-5(6)3-8-7/h5-9H,1-3H2/t5-,6-,7-/m1/s1. The van der Waals surface area contributed by atoms with Gasteiger partial charge < -0.3 is 10.4 Å². The summed E-state index contributed by atoms with van der Waals surface area (Å²) in [6.07, 6.45) is 1.29. The Hall–Kier alpha value is -0.500. The molecule has 2 nitrogen and oxygen atoms in total. The van der Waals surface area contributed by atoms with Gasteiger partial charge in [-0.3, -0.25) is 0 Å². The van der Waals surface area contributed by atoms with Crippen LogP contribution in [0.15, 0.2) is 12.3 Å². The Kier molecular flexibility index (Phi) is 0.887. The fraction of sp³-hybridized carbons (Fsp3) is 0.714. The van der Waals surface area contributed by atoms with Gasteiger partial charge in [0.25, 0.3) is 0 Å². The van der Waals surface area contributed by atoms with E-state index in [0.29, 0.717) is 11.7 Å². The molecule has 2 fully saturated rings. The van der Waals surface area contributed by atoms with Crippen LogP contribution in [0, 0.1) is 11.8 Å². The zero-order valence-electron chi connectivity index (χ0n) is 5.30. The Bertz CT molecular complexity index is 155. The smallest absolute Gasteiger partial charge is 0.102 e. The predicted octanol–water partition coefficient (Wildman–Crippen LogP) is 0.666. The lowest BCUT2D eigenvalue weighted by Crippen LogP contribution is -2.27. The van der Waals surface area contributed by atoms with Crippen LogP contribution in [0.4, 0.5) is 0 Å². The predicted molar refractivity (Wildman–Crippen MR) is 35.2 cm³/mol. The Labute approximate surface area is 54.6 Å². The number of aliphatic hydroxyl groups excluding tert-OH is 1. The highest BCUT2D eigenvalue weighted by atomic mass is 16.3. The van der Waals surface area contributed by atoms with E-state index >= 15 is 0 Å². The van der Waals surface area contributed by atoms with Gasteiger partial charge in [-0.25, -0.2) is 0 Å². The highest BCUT2D eigenvalue weighted by Crippen LogP contribution is 2.46. The van der Waals surface area contributed by atoms with E-state index in [0.717, 1.165) is 12.5 Å². The summed E-state index contributed by atoms with van der Waals surface area (Å²) >= 11 is 0. The third-order valence-electron chi connectivity index (χ3n) is 2.36. The molecule has 1 aliphatic heterocycles. The second kappa shape index (κ2) is 1.51. The monoisotopic (exact) mass is 125 g/mol. The lowest BCUT2D eigenvalue weighted by molar-refractivity contribution is 0.343. The molecule has 2 aliphatic rings. The summed E-state index contributed by atoms with van der Waals surface area (Å²) in [6.45, 7) is 4.59. The van der Waals surface area contributed by atoms with E-state index in [9.17, 15) is 0 Å². The summed E-state index contributed by atoms with van der Waals surface area (Å²) in [5.41, 5.74) is 0. The second-order valence-electron chi connectivity index (χ2n) is 3.04. The zero-order valence-corrected chi connectivity index (χ0v) is 5.30. The van der Waals surface area contributed by atoms with Crippen molar-refractivity contribution in [3.05, 3.63) is 12.3 Å². The van der Waals surface area contributed by atoms with E-state index in [4.69, 9.17) is 5.11 Å². The van der Waals surface area contributed by atoms with Crippen LogP contribution >= 0.6 is 0 Å². The van der Waals surface area contributed by atoms with E-state index in [2.05, 4.69) is 11.9 Å². The molecule has 1 saturated heterocycles. The molecule has 2 rings (SSSR count). The summed E-state index contributed by atoms with van der Waals surface area (Å²) < 4.78 is 0. The minimum absolute atomic E-state index is 0.218. The van der Waals surface area contributed by atoms with Crippen LogP contribution in [0.5, 0.6) is 0 Å². The van der Waals surface area contributed by atoms with Crippen molar-refractivity contribution in [2.75, 3.05) is 6.54 Å². The van der Waals surface area contributed by atoms with E-state index in [1.54, 1.807) is 0 Å². The molecule has 50 valence electrons. The van der Waals surface area contributed by atoms with Gasteiger partial charge >= 0.3 is 0 Å². The average molecular weight is 125 g/mol. The molecule has 0 unspecified atom stereocenters. The van der Waals surface area contributed by atoms with Gasteiger partial charge in [0.2, 0.25) is 0 Å². The van der Waals surface area contributed by atoms with Crippen LogP contribution in [-0.2, 0) is 0 Å². The van der Waals surface area contributed by atoms with Crippen LogP contribution in [0.1, 0.15) is 6.42 Å². The lowest BCUT2D eigenvalue weighted by atomic mass is 10.2. The summed E-state index contributed by atoms with van der Waals surface area (Å²) in [5, 5.41) is 12.2. The third-order valence-corrected chi connectivity index (χ3v) is 2.36. The maximum atomic E-state index is 8.99. The number of nitrogens with one attached hydrogen (secondary N) is 1. The van der Waals surface area contributed by atoms with E-state index in [1.165, 1.54) is 6.42 Å². The summed E-state index contributed by atoms with van der Waals surface area (Å²) in [7, 11) is 0.